The molecule has 0 spiro atoms. The van der Waals surface area contributed by atoms with Gasteiger partial charge >= 0.3 is 0 Å². The Hall–Kier alpha value is -3.27. The maximum absolute atomic E-state index is 5.92. The third-order valence-corrected chi connectivity index (χ3v) is 4.05. The van der Waals surface area contributed by atoms with E-state index in [9.17, 15) is 0 Å². The van der Waals surface area contributed by atoms with Gasteiger partial charge < -0.3 is 4.42 Å². The summed E-state index contributed by atoms with van der Waals surface area (Å²) in [5.74, 6) is 0. The molecule has 0 N–H and O–H groups in total. The molecule has 0 radical (unpaired) electrons. The molecule has 0 bridgehead atoms. The van der Waals surface area contributed by atoms with Gasteiger partial charge in [-0.2, -0.15) is 0 Å². The van der Waals surface area contributed by atoms with Gasteiger partial charge in [-0.3, -0.25) is 15.0 Å². The standard InChI is InChI=1S/C19H11N3O/c1-2-4-16-14(3-1)18-17(23-16)6-8-21-19(18)15-9-12-5-7-20-10-13(12)11-22-15/h1-11H. The van der Waals surface area contributed by atoms with Gasteiger partial charge in [0.1, 0.15) is 16.9 Å². The van der Waals surface area contributed by atoms with Crippen LogP contribution in [-0.2, 0) is 0 Å². The number of furan rings is 1. The number of pyridine rings is 3. The summed E-state index contributed by atoms with van der Waals surface area (Å²) in [5, 5.41) is 4.17. The van der Waals surface area contributed by atoms with Gasteiger partial charge in [-0.05, 0) is 29.7 Å². The highest BCUT2D eigenvalue weighted by Crippen LogP contribution is 2.34. The minimum atomic E-state index is 0.827. The van der Waals surface area contributed by atoms with E-state index in [1.165, 1.54) is 0 Å². The van der Waals surface area contributed by atoms with Crippen LogP contribution in [0.4, 0.5) is 0 Å². The number of rotatable bonds is 1. The second-order valence-corrected chi connectivity index (χ2v) is 5.42. The third kappa shape index (κ3) is 1.82. The van der Waals surface area contributed by atoms with Crippen LogP contribution in [0.25, 0.3) is 44.1 Å². The first-order valence-electron chi connectivity index (χ1n) is 7.36. The van der Waals surface area contributed by atoms with Crippen molar-refractivity contribution in [3.63, 3.8) is 0 Å². The summed E-state index contributed by atoms with van der Waals surface area (Å²) < 4.78 is 5.92. The molecule has 0 saturated carbocycles. The molecule has 0 aliphatic rings. The van der Waals surface area contributed by atoms with Gasteiger partial charge in [-0.15, -0.1) is 0 Å². The lowest BCUT2D eigenvalue weighted by Crippen LogP contribution is -1.89. The number of fused-ring (bicyclic) bond motifs is 4. The second-order valence-electron chi connectivity index (χ2n) is 5.42. The molecule has 0 amide bonds. The largest absolute Gasteiger partial charge is 0.456 e. The lowest BCUT2D eigenvalue weighted by Gasteiger charge is -2.03. The predicted octanol–water partition coefficient (Wildman–Crippen LogP) is 4.59. The van der Waals surface area contributed by atoms with E-state index < -0.39 is 0 Å². The fraction of sp³-hybridized carbons (Fsp3) is 0. The van der Waals surface area contributed by atoms with Gasteiger partial charge in [0.15, 0.2) is 0 Å². The molecule has 108 valence electrons. The van der Waals surface area contributed by atoms with E-state index >= 15 is 0 Å². The molecule has 4 nitrogen and oxygen atoms in total. The molecule has 4 heterocycles. The van der Waals surface area contributed by atoms with Crippen LogP contribution in [0.1, 0.15) is 0 Å². The molecule has 4 heteroatoms. The Morgan fingerprint density at radius 2 is 1.74 bits per heavy atom. The van der Waals surface area contributed by atoms with Crippen molar-refractivity contribution >= 4 is 32.7 Å². The number of nitrogens with zero attached hydrogens (tertiary/aromatic N) is 3. The van der Waals surface area contributed by atoms with Crippen molar-refractivity contribution in [2.24, 2.45) is 0 Å². The molecular formula is C19H11N3O. The Labute approximate surface area is 131 Å². The van der Waals surface area contributed by atoms with E-state index in [4.69, 9.17) is 4.42 Å². The zero-order valence-electron chi connectivity index (χ0n) is 12.1. The van der Waals surface area contributed by atoms with E-state index in [0.717, 1.165) is 44.1 Å². The lowest BCUT2D eigenvalue weighted by molar-refractivity contribution is 0.668. The zero-order chi connectivity index (χ0) is 15.2. The molecule has 1 aromatic carbocycles. The Balaban J connectivity index is 1.87. The molecule has 0 atom stereocenters. The van der Waals surface area contributed by atoms with Gasteiger partial charge in [0.05, 0.1) is 11.1 Å². The molecule has 5 rings (SSSR count). The van der Waals surface area contributed by atoms with Crippen molar-refractivity contribution < 1.29 is 4.42 Å². The summed E-state index contributed by atoms with van der Waals surface area (Å²) in [4.78, 5) is 13.3. The Morgan fingerprint density at radius 3 is 2.74 bits per heavy atom. The normalized spacial score (nSPS) is 11.5. The molecule has 23 heavy (non-hydrogen) atoms. The minimum absolute atomic E-state index is 0.827. The molecule has 0 aliphatic carbocycles. The average Bonchev–Trinajstić information content (AvgIpc) is 3.00. The molecular weight excluding hydrogens is 286 g/mol. The summed E-state index contributed by atoms with van der Waals surface area (Å²) in [6.07, 6.45) is 7.19. The highest BCUT2D eigenvalue weighted by molar-refractivity contribution is 6.11. The Bertz CT molecular complexity index is 1180. The first-order valence-corrected chi connectivity index (χ1v) is 7.36. The summed E-state index contributed by atoms with van der Waals surface area (Å²) in [6.45, 7) is 0. The van der Waals surface area contributed by atoms with Crippen molar-refractivity contribution in [2.75, 3.05) is 0 Å². The van der Waals surface area contributed by atoms with Crippen LogP contribution in [-0.4, -0.2) is 15.0 Å². The highest BCUT2D eigenvalue weighted by Gasteiger charge is 2.14. The second kappa shape index (κ2) is 4.61. The average molecular weight is 297 g/mol. The van der Waals surface area contributed by atoms with E-state index in [0.29, 0.717) is 0 Å². The van der Waals surface area contributed by atoms with E-state index in [1.54, 1.807) is 12.4 Å². The van der Waals surface area contributed by atoms with Crippen molar-refractivity contribution in [3.8, 4) is 11.4 Å². The van der Waals surface area contributed by atoms with Gasteiger partial charge in [0.25, 0.3) is 0 Å². The SMILES string of the molecule is c1ccc2c(c1)oc1ccnc(-c3cc4ccncc4cn3)c12. The van der Waals surface area contributed by atoms with Gasteiger partial charge in [0, 0.05) is 35.6 Å². The molecule has 4 aromatic heterocycles. The van der Waals surface area contributed by atoms with E-state index in [2.05, 4.69) is 21.0 Å². The fourth-order valence-electron chi connectivity index (χ4n) is 2.97. The van der Waals surface area contributed by atoms with Gasteiger partial charge in [0.2, 0.25) is 0 Å². The fourth-order valence-corrected chi connectivity index (χ4v) is 2.97. The van der Waals surface area contributed by atoms with Crippen molar-refractivity contribution in [1.29, 1.82) is 0 Å². The quantitative estimate of drug-likeness (QED) is 0.454. The molecule has 0 aliphatic heterocycles. The van der Waals surface area contributed by atoms with Gasteiger partial charge in [-0.25, -0.2) is 0 Å². The van der Waals surface area contributed by atoms with Gasteiger partial charge in [-0.1, -0.05) is 18.2 Å². The van der Waals surface area contributed by atoms with E-state index in [1.807, 2.05) is 48.8 Å². The number of hydrogen-bond acceptors (Lipinski definition) is 4. The summed E-state index contributed by atoms with van der Waals surface area (Å²) in [6, 6.07) is 13.9. The Kier molecular flexibility index (Phi) is 2.46. The van der Waals surface area contributed by atoms with Crippen LogP contribution in [0.2, 0.25) is 0 Å². The zero-order valence-corrected chi connectivity index (χ0v) is 12.1. The molecule has 5 aromatic rings. The summed E-state index contributed by atoms with van der Waals surface area (Å²) >= 11 is 0. The number of aromatic nitrogens is 3. The van der Waals surface area contributed by atoms with Crippen LogP contribution in [0, 0.1) is 0 Å². The summed E-state index contributed by atoms with van der Waals surface area (Å²) in [7, 11) is 0. The number of benzene rings is 1. The van der Waals surface area contributed by atoms with Crippen molar-refractivity contribution in [2.45, 2.75) is 0 Å². The maximum atomic E-state index is 5.92. The van der Waals surface area contributed by atoms with Crippen LogP contribution in [0.5, 0.6) is 0 Å². The van der Waals surface area contributed by atoms with Crippen LogP contribution < -0.4 is 0 Å². The molecule has 0 unspecified atom stereocenters. The third-order valence-electron chi connectivity index (χ3n) is 4.05. The van der Waals surface area contributed by atoms with Crippen LogP contribution in [0.15, 0.2) is 71.7 Å². The number of para-hydroxylation sites is 1. The highest BCUT2D eigenvalue weighted by atomic mass is 16.3. The maximum Gasteiger partial charge on any atom is 0.139 e. The lowest BCUT2D eigenvalue weighted by atomic mass is 10.1. The van der Waals surface area contributed by atoms with E-state index in [-0.39, 0.29) is 0 Å². The molecule has 0 fully saturated rings. The number of hydrogen-bond donors (Lipinski definition) is 0. The predicted molar refractivity (Wildman–Crippen MR) is 90.0 cm³/mol. The Morgan fingerprint density at radius 1 is 0.783 bits per heavy atom. The monoisotopic (exact) mass is 297 g/mol. The first kappa shape index (κ1) is 12.3. The first-order chi connectivity index (χ1) is 11.4. The topological polar surface area (TPSA) is 51.8 Å². The van der Waals surface area contributed by atoms with Crippen molar-refractivity contribution in [1.82, 2.24) is 15.0 Å². The smallest absolute Gasteiger partial charge is 0.139 e. The van der Waals surface area contributed by atoms with Crippen LogP contribution >= 0.6 is 0 Å². The van der Waals surface area contributed by atoms with Crippen molar-refractivity contribution in [3.05, 3.63) is 67.3 Å². The summed E-state index contributed by atoms with van der Waals surface area (Å²) in [5.41, 5.74) is 3.36. The minimum Gasteiger partial charge on any atom is -0.456 e. The van der Waals surface area contributed by atoms with Crippen LogP contribution in [0.3, 0.4) is 0 Å². The molecule has 0 saturated heterocycles.